The third kappa shape index (κ3) is 3.40. The summed E-state index contributed by atoms with van der Waals surface area (Å²) in [5.74, 6) is -1.43. The molecule has 0 aromatic carbocycles. The van der Waals surface area contributed by atoms with Gasteiger partial charge < -0.3 is 10.8 Å². The second-order valence-electron chi connectivity index (χ2n) is 2.21. The number of hydrogen-bond donors (Lipinski definition) is 2. The molecule has 4 heteroatoms. The molecule has 2 unspecified atom stereocenters. The fourth-order valence-corrected chi connectivity index (χ4v) is 0.533. The van der Waals surface area contributed by atoms with Gasteiger partial charge >= 0.3 is 5.97 Å². The zero-order valence-corrected chi connectivity index (χ0v) is 5.88. The SMILES string of the molecule is CCC(N)CC(F)C(=O)O. The van der Waals surface area contributed by atoms with Gasteiger partial charge in [0.05, 0.1) is 0 Å². The lowest BCUT2D eigenvalue weighted by atomic mass is 10.1. The van der Waals surface area contributed by atoms with Crippen LogP contribution < -0.4 is 5.73 Å². The summed E-state index contributed by atoms with van der Waals surface area (Å²) in [6.07, 6.45) is -1.30. The first-order valence-electron chi connectivity index (χ1n) is 3.20. The molecule has 0 aliphatic heterocycles. The van der Waals surface area contributed by atoms with Crippen LogP contribution in [0.5, 0.6) is 0 Å². The smallest absolute Gasteiger partial charge is 0.338 e. The molecule has 3 nitrogen and oxygen atoms in total. The van der Waals surface area contributed by atoms with Crippen LogP contribution in [0.1, 0.15) is 19.8 Å². The summed E-state index contributed by atoms with van der Waals surface area (Å²) in [5.41, 5.74) is 5.31. The summed E-state index contributed by atoms with van der Waals surface area (Å²) in [4.78, 5) is 9.92. The van der Waals surface area contributed by atoms with Crippen molar-refractivity contribution in [3.05, 3.63) is 0 Å². The normalized spacial score (nSPS) is 16.3. The van der Waals surface area contributed by atoms with Crippen LogP contribution in [-0.4, -0.2) is 23.3 Å². The van der Waals surface area contributed by atoms with Crippen molar-refractivity contribution in [2.45, 2.75) is 32.0 Å². The van der Waals surface area contributed by atoms with Gasteiger partial charge in [0.1, 0.15) is 0 Å². The third-order valence-electron chi connectivity index (χ3n) is 1.30. The van der Waals surface area contributed by atoms with Crippen molar-refractivity contribution in [1.29, 1.82) is 0 Å². The minimum Gasteiger partial charge on any atom is -0.479 e. The summed E-state index contributed by atoms with van der Waals surface area (Å²) in [6, 6.07) is -0.342. The predicted molar refractivity (Wildman–Crippen MR) is 35.4 cm³/mol. The number of carboxylic acids is 1. The lowest BCUT2D eigenvalue weighted by molar-refractivity contribution is -0.143. The number of carbonyl (C=O) groups is 1. The molecule has 60 valence electrons. The quantitative estimate of drug-likeness (QED) is 0.613. The van der Waals surface area contributed by atoms with E-state index in [2.05, 4.69) is 0 Å². The van der Waals surface area contributed by atoms with Gasteiger partial charge in [0.2, 0.25) is 0 Å². The molecule has 0 aromatic rings. The van der Waals surface area contributed by atoms with Gasteiger partial charge in [-0.2, -0.15) is 0 Å². The van der Waals surface area contributed by atoms with E-state index in [1.54, 1.807) is 6.92 Å². The second-order valence-corrected chi connectivity index (χ2v) is 2.21. The Labute approximate surface area is 59.0 Å². The highest BCUT2D eigenvalue weighted by molar-refractivity contribution is 5.72. The molecular formula is C6H12FNO2. The molecule has 0 rings (SSSR count). The van der Waals surface area contributed by atoms with E-state index in [1.807, 2.05) is 0 Å². The first-order valence-corrected chi connectivity index (χ1v) is 3.20. The molecule has 0 aliphatic rings. The maximum absolute atomic E-state index is 12.3. The molecule has 0 heterocycles. The Morgan fingerprint density at radius 2 is 2.30 bits per heavy atom. The molecule has 0 bridgehead atoms. The maximum Gasteiger partial charge on any atom is 0.338 e. The summed E-state index contributed by atoms with van der Waals surface area (Å²) >= 11 is 0. The van der Waals surface area contributed by atoms with Gasteiger partial charge in [0.25, 0.3) is 0 Å². The Balaban J connectivity index is 3.56. The highest BCUT2D eigenvalue weighted by atomic mass is 19.1. The number of rotatable bonds is 4. The molecule has 0 fully saturated rings. The van der Waals surface area contributed by atoms with E-state index in [9.17, 15) is 9.18 Å². The molecule has 0 aliphatic carbocycles. The molecule has 0 amide bonds. The first kappa shape index (κ1) is 9.36. The van der Waals surface area contributed by atoms with Crippen molar-refractivity contribution in [2.24, 2.45) is 5.73 Å². The van der Waals surface area contributed by atoms with Crippen LogP contribution in [0.3, 0.4) is 0 Å². The molecule has 0 aromatic heterocycles. The maximum atomic E-state index is 12.3. The van der Waals surface area contributed by atoms with Gasteiger partial charge in [0.15, 0.2) is 6.17 Å². The van der Waals surface area contributed by atoms with E-state index >= 15 is 0 Å². The highest BCUT2D eigenvalue weighted by Gasteiger charge is 2.17. The van der Waals surface area contributed by atoms with Crippen molar-refractivity contribution in [1.82, 2.24) is 0 Å². The Morgan fingerprint density at radius 1 is 1.80 bits per heavy atom. The lowest BCUT2D eigenvalue weighted by Gasteiger charge is -2.08. The van der Waals surface area contributed by atoms with Crippen LogP contribution in [0, 0.1) is 0 Å². The van der Waals surface area contributed by atoms with Crippen LogP contribution in [0.15, 0.2) is 0 Å². The van der Waals surface area contributed by atoms with Crippen molar-refractivity contribution >= 4 is 5.97 Å². The predicted octanol–water partition coefficient (Wildman–Crippen LogP) is 0.536. The summed E-state index contributed by atoms with van der Waals surface area (Å²) in [6.45, 7) is 1.79. The topological polar surface area (TPSA) is 63.3 Å². The Bertz CT molecular complexity index is 118. The van der Waals surface area contributed by atoms with Crippen molar-refractivity contribution in [2.75, 3.05) is 0 Å². The number of aliphatic carboxylic acids is 1. The fraction of sp³-hybridized carbons (Fsp3) is 0.833. The first-order chi connectivity index (χ1) is 4.57. The van der Waals surface area contributed by atoms with Crippen molar-refractivity contribution in [3.63, 3.8) is 0 Å². The Kier molecular flexibility index (Phi) is 3.95. The number of alkyl halides is 1. The van der Waals surface area contributed by atoms with Crippen molar-refractivity contribution in [3.8, 4) is 0 Å². The van der Waals surface area contributed by atoms with Crippen LogP contribution >= 0.6 is 0 Å². The minimum atomic E-state index is -1.81. The molecule has 0 saturated heterocycles. The molecule has 3 N–H and O–H groups in total. The van der Waals surface area contributed by atoms with Gasteiger partial charge in [-0.1, -0.05) is 6.92 Å². The monoisotopic (exact) mass is 149 g/mol. The van der Waals surface area contributed by atoms with Gasteiger partial charge in [-0.25, -0.2) is 9.18 Å². The van der Waals surface area contributed by atoms with Crippen LogP contribution in [0.25, 0.3) is 0 Å². The van der Waals surface area contributed by atoms with Crippen LogP contribution in [0.4, 0.5) is 4.39 Å². The summed E-state index contributed by atoms with van der Waals surface area (Å²) in [7, 11) is 0. The van der Waals surface area contributed by atoms with Gasteiger partial charge in [0, 0.05) is 12.5 Å². The minimum absolute atomic E-state index is 0.0914. The van der Waals surface area contributed by atoms with E-state index in [1.165, 1.54) is 0 Å². The van der Waals surface area contributed by atoms with E-state index in [0.717, 1.165) is 0 Å². The second kappa shape index (κ2) is 4.22. The van der Waals surface area contributed by atoms with E-state index in [0.29, 0.717) is 6.42 Å². The summed E-state index contributed by atoms with van der Waals surface area (Å²) < 4.78 is 12.3. The zero-order chi connectivity index (χ0) is 8.15. The van der Waals surface area contributed by atoms with Crippen molar-refractivity contribution < 1.29 is 14.3 Å². The third-order valence-corrected chi connectivity index (χ3v) is 1.30. The largest absolute Gasteiger partial charge is 0.479 e. The molecule has 0 spiro atoms. The Morgan fingerprint density at radius 3 is 2.60 bits per heavy atom. The molecule has 10 heavy (non-hydrogen) atoms. The molecule has 2 atom stereocenters. The molecule has 0 saturated carbocycles. The van der Waals surface area contributed by atoms with Gasteiger partial charge in [-0.3, -0.25) is 0 Å². The number of hydrogen-bond acceptors (Lipinski definition) is 2. The molecular weight excluding hydrogens is 137 g/mol. The Hall–Kier alpha value is -0.640. The fourth-order valence-electron chi connectivity index (χ4n) is 0.533. The average Bonchev–Trinajstić information content (AvgIpc) is 1.87. The van der Waals surface area contributed by atoms with Gasteiger partial charge in [-0.05, 0) is 6.42 Å². The van der Waals surface area contributed by atoms with E-state index in [-0.39, 0.29) is 12.5 Å². The summed E-state index contributed by atoms with van der Waals surface area (Å²) in [5, 5.41) is 8.10. The number of halogens is 1. The average molecular weight is 149 g/mol. The molecule has 0 radical (unpaired) electrons. The highest BCUT2D eigenvalue weighted by Crippen LogP contribution is 2.03. The van der Waals surface area contributed by atoms with Crippen LogP contribution in [-0.2, 0) is 4.79 Å². The number of nitrogens with two attached hydrogens (primary N) is 1. The zero-order valence-electron chi connectivity index (χ0n) is 5.88. The van der Waals surface area contributed by atoms with E-state index in [4.69, 9.17) is 10.8 Å². The van der Waals surface area contributed by atoms with Crippen LogP contribution in [0.2, 0.25) is 0 Å². The van der Waals surface area contributed by atoms with Gasteiger partial charge in [-0.15, -0.1) is 0 Å². The number of carboxylic acid groups (broad SMARTS) is 1. The standard InChI is InChI=1S/C6H12FNO2/c1-2-4(8)3-5(7)6(9)10/h4-5H,2-3,8H2,1H3,(H,9,10). The van der Waals surface area contributed by atoms with E-state index < -0.39 is 12.1 Å². The lowest BCUT2D eigenvalue weighted by Crippen LogP contribution is -2.27.